The van der Waals surface area contributed by atoms with Crippen LogP contribution >= 0.6 is 0 Å². The Labute approximate surface area is 149 Å². The van der Waals surface area contributed by atoms with Gasteiger partial charge in [0, 0.05) is 43.5 Å². The molecule has 0 aromatic carbocycles. The highest BCUT2D eigenvalue weighted by Gasteiger charge is 2.23. The van der Waals surface area contributed by atoms with E-state index in [4.69, 9.17) is 0 Å². The van der Waals surface area contributed by atoms with Crippen LogP contribution in [0.25, 0.3) is 0 Å². The molecule has 0 N–H and O–H groups in total. The van der Waals surface area contributed by atoms with Crippen LogP contribution in [0, 0.1) is 12.8 Å². The predicted molar refractivity (Wildman–Crippen MR) is 98.9 cm³/mol. The lowest BCUT2D eigenvalue weighted by atomic mass is 9.92. The minimum absolute atomic E-state index is 0.0483. The van der Waals surface area contributed by atoms with Crippen molar-refractivity contribution >= 4 is 5.82 Å². The second-order valence-corrected chi connectivity index (χ2v) is 7.91. The number of aryl methyl sites for hydroxylation is 1. The van der Waals surface area contributed by atoms with E-state index in [9.17, 15) is 4.79 Å². The summed E-state index contributed by atoms with van der Waals surface area (Å²) in [5, 5.41) is 0. The van der Waals surface area contributed by atoms with Crippen molar-refractivity contribution in [1.82, 2.24) is 19.5 Å². The topological polar surface area (TPSA) is 63.9 Å². The minimum atomic E-state index is -0.0990. The minimum Gasteiger partial charge on any atom is -0.355 e. The fourth-order valence-corrected chi connectivity index (χ4v) is 3.29. The molecule has 0 aliphatic carbocycles. The molecule has 0 saturated carbocycles. The third-order valence-electron chi connectivity index (χ3n) is 4.87. The second-order valence-electron chi connectivity index (χ2n) is 7.91. The van der Waals surface area contributed by atoms with Crippen molar-refractivity contribution in [1.29, 1.82) is 0 Å². The van der Waals surface area contributed by atoms with Gasteiger partial charge < -0.3 is 4.90 Å². The SMILES string of the molecule is Cc1nccnc1N1CCC(Cn2cnc(C(C)(C)C)cc2=O)CC1. The summed E-state index contributed by atoms with van der Waals surface area (Å²) in [4.78, 5) is 27.9. The lowest BCUT2D eigenvalue weighted by Gasteiger charge is -2.33. The molecule has 3 heterocycles. The molecule has 1 saturated heterocycles. The number of hydrogen-bond donors (Lipinski definition) is 0. The highest BCUT2D eigenvalue weighted by molar-refractivity contribution is 5.42. The molecule has 1 aliphatic rings. The quantitative estimate of drug-likeness (QED) is 0.858. The monoisotopic (exact) mass is 341 g/mol. The van der Waals surface area contributed by atoms with Crippen molar-refractivity contribution in [2.75, 3.05) is 18.0 Å². The summed E-state index contributed by atoms with van der Waals surface area (Å²) in [5.41, 5.74) is 1.77. The molecule has 1 aliphatic heterocycles. The molecule has 0 unspecified atom stereocenters. The number of anilines is 1. The first kappa shape index (κ1) is 17.6. The van der Waals surface area contributed by atoms with Gasteiger partial charge in [-0.05, 0) is 25.7 Å². The molecule has 2 aromatic heterocycles. The average molecular weight is 341 g/mol. The summed E-state index contributed by atoms with van der Waals surface area (Å²) in [5.74, 6) is 1.47. The van der Waals surface area contributed by atoms with E-state index in [-0.39, 0.29) is 11.0 Å². The van der Waals surface area contributed by atoms with Crippen LogP contribution in [0.5, 0.6) is 0 Å². The van der Waals surface area contributed by atoms with Crippen molar-refractivity contribution in [2.45, 2.75) is 52.5 Å². The molecule has 0 radical (unpaired) electrons. The molecular weight excluding hydrogens is 314 g/mol. The summed E-state index contributed by atoms with van der Waals surface area (Å²) in [6.45, 7) is 10.9. The molecule has 0 spiro atoms. The molecule has 0 atom stereocenters. The standard InChI is InChI=1S/C19H27N5O/c1-14-18(21-8-7-20-14)23-9-5-15(6-10-23)12-24-13-22-16(11-17(24)25)19(2,3)4/h7-8,11,13,15H,5-6,9-10,12H2,1-4H3. The van der Waals surface area contributed by atoms with Gasteiger partial charge in [0.25, 0.3) is 5.56 Å². The average Bonchev–Trinajstić information content (AvgIpc) is 2.57. The van der Waals surface area contributed by atoms with Crippen LogP contribution in [0.2, 0.25) is 0 Å². The maximum absolute atomic E-state index is 12.4. The molecule has 0 bridgehead atoms. The third-order valence-corrected chi connectivity index (χ3v) is 4.87. The first-order valence-corrected chi connectivity index (χ1v) is 8.94. The fourth-order valence-electron chi connectivity index (χ4n) is 3.29. The van der Waals surface area contributed by atoms with Gasteiger partial charge in [-0.1, -0.05) is 20.8 Å². The highest BCUT2D eigenvalue weighted by atomic mass is 16.1. The van der Waals surface area contributed by atoms with Crippen LogP contribution in [-0.2, 0) is 12.0 Å². The van der Waals surface area contributed by atoms with Crippen LogP contribution in [0.4, 0.5) is 5.82 Å². The van der Waals surface area contributed by atoms with E-state index in [0.29, 0.717) is 5.92 Å². The Balaban J connectivity index is 1.63. The maximum Gasteiger partial charge on any atom is 0.253 e. The van der Waals surface area contributed by atoms with Gasteiger partial charge >= 0.3 is 0 Å². The number of aromatic nitrogens is 4. The Hall–Kier alpha value is -2.24. The van der Waals surface area contributed by atoms with E-state index in [0.717, 1.165) is 49.7 Å². The second kappa shape index (κ2) is 6.94. The van der Waals surface area contributed by atoms with E-state index in [1.54, 1.807) is 29.4 Å². The van der Waals surface area contributed by atoms with E-state index in [2.05, 4.69) is 40.6 Å². The molecule has 0 amide bonds. The first-order valence-electron chi connectivity index (χ1n) is 8.94. The van der Waals surface area contributed by atoms with Crippen LogP contribution in [0.1, 0.15) is 45.0 Å². The molecule has 1 fully saturated rings. The summed E-state index contributed by atoms with van der Waals surface area (Å²) < 4.78 is 1.75. The molecule has 3 rings (SSSR count). The van der Waals surface area contributed by atoms with E-state index >= 15 is 0 Å². The maximum atomic E-state index is 12.4. The van der Waals surface area contributed by atoms with Gasteiger partial charge in [-0.3, -0.25) is 14.3 Å². The summed E-state index contributed by atoms with van der Waals surface area (Å²) in [6, 6.07) is 1.68. The normalized spacial score (nSPS) is 16.2. The zero-order chi connectivity index (χ0) is 18.0. The third kappa shape index (κ3) is 4.06. The van der Waals surface area contributed by atoms with Crippen LogP contribution in [-0.4, -0.2) is 32.6 Å². The van der Waals surface area contributed by atoms with Gasteiger partial charge in [0.2, 0.25) is 0 Å². The lowest BCUT2D eigenvalue weighted by Crippen LogP contribution is -2.37. The van der Waals surface area contributed by atoms with Gasteiger partial charge in [0.05, 0.1) is 17.7 Å². The summed E-state index contributed by atoms with van der Waals surface area (Å²) >= 11 is 0. The Morgan fingerprint density at radius 1 is 1.12 bits per heavy atom. The Morgan fingerprint density at radius 2 is 1.80 bits per heavy atom. The molecular formula is C19H27N5O. The number of piperidine rings is 1. The Morgan fingerprint density at radius 3 is 2.40 bits per heavy atom. The smallest absolute Gasteiger partial charge is 0.253 e. The van der Waals surface area contributed by atoms with E-state index in [1.807, 2.05) is 6.92 Å². The molecule has 6 heteroatoms. The van der Waals surface area contributed by atoms with Crippen molar-refractivity contribution in [3.8, 4) is 0 Å². The number of hydrogen-bond acceptors (Lipinski definition) is 5. The molecule has 2 aromatic rings. The fraction of sp³-hybridized carbons (Fsp3) is 0.579. The van der Waals surface area contributed by atoms with Gasteiger partial charge in [-0.25, -0.2) is 9.97 Å². The Bertz CT molecular complexity index is 785. The number of nitrogens with zero attached hydrogens (tertiary/aromatic N) is 5. The van der Waals surface area contributed by atoms with Crippen molar-refractivity contribution in [2.24, 2.45) is 5.92 Å². The van der Waals surface area contributed by atoms with Gasteiger partial charge in [-0.2, -0.15) is 0 Å². The first-order chi connectivity index (χ1) is 11.8. The van der Waals surface area contributed by atoms with Gasteiger partial charge in [-0.15, -0.1) is 0 Å². The largest absolute Gasteiger partial charge is 0.355 e. The summed E-state index contributed by atoms with van der Waals surface area (Å²) in [7, 11) is 0. The van der Waals surface area contributed by atoms with Crippen LogP contribution in [0.15, 0.2) is 29.6 Å². The lowest BCUT2D eigenvalue weighted by molar-refractivity contribution is 0.349. The van der Waals surface area contributed by atoms with Gasteiger partial charge in [0.1, 0.15) is 5.82 Å². The molecule has 6 nitrogen and oxygen atoms in total. The molecule has 134 valence electrons. The van der Waals surface area contributed by atoms with Crippen molar-refractivity contribution < 1.29 is 0 Å². The van der Waals surface area contributed by atoms with E-state index < -0.39 is 0 Å². The Kier molecular flexibility index (Phi) is 4.88. The molecule has 25 heavy (non-hydrogen) atoms. The number of rotatable bonds is 3. The van der Waals surface area contributed by atoms with Gasteiger partial charge in [0.15, 0.2) is 0 Å². The van der Waals surface area contributed by atoms with Crippen LogP contribution < -0.4 is 10.5 Å². The van der Waals surface area contributed by atoms with Crippen molar-refractivity contribution in [3.63, 3.8) is 0 Å². The predicted octanol–water partition coefficient (Wildman–Crippen LogP) is 2.56. The van der Waals surface area contributed by atoms with Crippen molar-refractivity contribution in [3.05, 3.63) is 46.5 Å². The zero-order valence-electron chi connectivity index (χ0n) is 15.6. The van der Waals surface area contributed by atoms with Crippen LogP contribution in [0.3, 0.4) is 0 Å². The highest BCUT2D eigenvalue weighted by Crippen LogP contribution is 2.24. The zero-order valence-corrected chi connectivity index (χ0v) is 15.6. The van der Waals surface area contributed by atoms with E-state index in [1.165, 1.54) is 0 Å². The summed E-state index contributed by atoms with van der Waals surface area (Å²) in [6.07, 6.45) is 7.28.